The van der Waals surface area contributed by atoms with Gasteiger partial charge in [-0.25, -0.2) is 0 Å². The molecule has 0 aliphatic carbocycles. The number of likely N-dealkylation sites (N-methyl/N-ethyl adjacent to an activating group) is 1. The topological polar surface area (TPSA) is 24.5 Å². The van der Waals surface area contributed by atoms with Crippen molar-refractivity contribution in [2.45, 2.75) is 6.54 Å². The number of halogens is 2. The summed E-state index contributed by atoms with van der Waals surface area (Å²) in [7, 11) is 4.06. The van der Waals surface area contributed by atoms with Crippen LogP contribution < -0.4 is 5.32 Å². The van der Waals surface area contributed by atoms with Gasteiger partial charge in [0.25, 0.3) is 0 Å². The van der Waals surface area contributed by atoms with E-state index >= 15 is 0 Å². The molecule has 3 nitrogen and oxygen atoms in total. The van der Waals surface area contributed by atoms with Crippen molar-refractivity contribution < 1.29 is 4.74 Å². The molecule has 0 atom stereocenters. The number of ether oxygens (including phenoxy) is 1. The predicted octanol–water partition coefficient (Wildman–Crippen LogP) is 2.66. The molecule has 0 aliphatic rings. The lowest BCUT2D eigenvalue weighted by molar-refractivity contribution is 0.119. The normalized spacial score (nSPS) is 11.2. The van der Waals surface area contributed by atoms with Crippen molar-refractivity contribution in [3.05, 3.63) is 33.8 Å². The molecule has 1 aromatic rings. The smallest absolute Gasteiger partial charge is 0.0593 e. The SMILES string of the molecule is CN(C)CCOCCNCc1cc(Cl)ccc1Cl. The fraction of sp³-hybridized carbons (Fsp3) is 0.538. The Morgan fingerprint density at radius 2 is 2.00 bits per heavy atom. The molecule has 1 rings (SSSR count). The van der Waals surface area contributed by atoms with E-state index < -0.39 is 0 Å². The molecule has 18 heavy (non-hydrogen) atoms. The van der Waals surface area contributed by atoms with Gasteiger partial charge >= 0.3 is 0 Å². The van der Waals surface area contributed by atoms with E-state index in [4.69, 9.17) is 27.9 Å². The molecule has 0 heterocycles. The molecule has 0 radical (unpaired) electrons. The van der Waals surface area contributed by atoms with Crippen molar-refractivity contribution >= 4 is 23.2 Å². The number of rotatable bonds is 8. The minimum absolute atomic E-state index is 0.700. The standard InChI is InChI=1S/C13H20Cl2N2O/c1-17(2)6-8-18-7-5-16-10-11-9-12(14)3-4-13(11)15/h3-4,9,16H,5-8,10H2,1-2H3. The van der Waals surface area contributed by atoms with Crippen molar-refractivity contribution in [3.8, 4) is 0 Å². The second-order valence-corrected chi connectivity index (χ2v) is 5.17. The lowest BCUT2D eigenvalue weighted by Crippen LogP contribution is -2.23. The maximum absolute atomic E-state index is 6.06. The first-order valence-electron chi connectivity index (χ1n) is 5.96. The van der Waals surface area contributed by atoms with Crippen LogP contribution in [0.1, 0.15) is 5.56 Å². The Kier molecular flexibility index (Phi) is 7.63. The van der Waals surface area contributed by atoms with Crippen LogP contribution in [0.5, 0.6) is 0 Å². The van der Waals surface area contributed by atoms with Crippen LogP contribution in [0, 0.1) is 0 Å². The lowest BCUT2D eigenvalue weighted by atomic mass is 10.2. The summed E-state index contributed by atoms with van der Waals surface area (Å²) in [6.07, 6.45) is 0. The summed E-state index contributed by atoms with van der Waals surface area (Å²) < 4.78 is 5.47. The van der Waals surface area contributed by atoms with E-state index in [-0.39, 0.29) is 0 Å². The number of hydrogen-bond donors (Lipinski definition) is 1. The molecule has 0 saturated heterocycles. The molecule has 5 heteroatoms. The van der Waals surface area contributed by atoms with Gasteiger partial charge in [-0.3, -0.25) is 0 Å². The zero-order valence-electron chi connectivity index (χ0n) is 10.9. The maximum atomic E-state index is 6.06. The van der Waals surface area contributed by atoms with Crippen LogP contribution in [0.3, 0.4) is 0 Å². The van der Waals surface area contributed by atoms with Crippen LogP contribution >= 0.6 is 23.2 Å². The fourth-order valence-corrected chi connectivity index (χ4v) is 1.77. The highest BCUT2D eigenvalue weighted by molar-refractivity contribution is 6.33. The molecule has 0 aromatic heterocycles. The third-order valence-corrected chi connectivity index (χ3v) is 3.03. The summed E-state index contributed by atoms with van der Waals surface area (Å²) in [5, 5.41) is 4.72. The quantitative estimate of drug-likeness (QED) is 0.745. The Bertz CT molecular complexity index is 359. The summed E-state index contributed by atoms with van der Waals surface area (Å²) in [6.45, 7) is 3.91. The highest BCUT2D eigenvalue weighted by Crippen LogP contribution is 2.20. The van der Waals surface area contributed by atoms with E-state index in [0.29, 0.717) is 18.2 Å². The highest BCUT2D eigenvalue weighted by Gasteiger charge is 2.00. The van der Waals surface area contributed by atoms with E-state index in [0.717, 1.165) is 30.3 Å². The predicted molar refractivity (Wildman–Crippen MR) is 77.5 cm³/mol. The second kappa shape index (κ2) is 8.73. The Balaban J connectivity index is 2.12. The van der Waals surface area contributed by atoms with Gasteiger partial charge in [-0.1, -0.05) is 23.2 Å². The molecule has 0 spiro atoms. The summed E-state index contributed by atoms with van der Waals surface area (Å²) >= 11 is 12.0. The van der Waals surface area contributed by atoms with Crippen LogP contribution in [0.25, 0.3) is 0 Å². The van der Waals surface area contributed by atoms with Gasteiger partial charge in [-0.05, 0) is 37.9 Å². The van der Waals surface area contributed by atoms with Crippen LogP contribution in [0.2, 0.25) is 10.0 Å². The van der Waals surface area contributed by atoms with Gasteiger partial charge in [0, 0.05) is 29.7 Å². The van der Waals surface area contributed by atoms with Crippen molar-refractivity contribution in [3.63, 3.8) is 0 Å². The van der Waals surface area contributed by atoms with Crippen molar-refractivity contribution in [2.75, 3.05) is 40.4 Å². The summed E-state index contributed by atoms with van der Waals surface area (Å²) in [5.41, 5.74) is 1.01. The van der Waals surface area contributed by atoms with Crippen LogP contribution in [-0.2, 0) is 11.3 Å². The van der Waals surface area contributed by atoms with Crippen LogP contribution in [0.4, 0.5) is 0 Å². The largest absolute Gasteiger partial charge is 0.379 e. The van der Waals surface area contributed by atoms with Gasteiger partial charge in [-0.15, -0.1) is 0 Å². The van der Waals surface area contributed by atoms with Gasteiger partial charge in [-0.2, -0.15) is 0 Å². The van der Waals surface area contributed by atoms with E-state index in [1.807, 2.05) is 26.2 Å². The summed E-state index contributed by atoms with van der Waals surface area (Å²) in [5.74, 6) is 0. The van der Waals surface area contributed by atoms with E-state index in [9.17, 15) is 0 Å². The Hall–Kier alpha value is -0.320. The first-order chi connectivity index (χ1) is 8.59. The average Bonchev–Trinajstić information content (AvgIpc) is 2.32. The molecule has 1 N–H and O–H groups in total. The Morgan fingerprint density at radius 3 is 2.72 bits per heavy atom. The summed E-state index contributed by atoms with van der Waals surface area (Å²) in [4.78, 5) is 2.10. The van der Waals surface area contributed by atoms with E-state index in [1.54, 1.807) is 6.07 Å². The molecule has 0 bridgehead atoms. The zero-order chi connectivity index (χ0) is 13.4. The minimum Gasteiger partial charge on any atom is -0.379 e. The second-order valence-electron chi connectivity index (χ2n) is 4.33. The van der Waals surface area contributed by atoms with Crippen LogP contribution in [-0.4, -0.2) is 45.3 Å². The molecule has 0 aliphatic heterocycles. The van der Waals surface area contributed by atoms with E-state index in [1.165, 1.54) is 0 Å². The van der Waals surface area contributed by atoms with Gasteiger partial charge in [0.2, 0.25) is 0 Å². The first-order valence-corrected chi connectivity index (χ1v) is 6.72. The highest BCUT2D eigenvalue weighted by atomic mass is 35.5. The molecule has 0 amide bonds. The Labute approximate surface area is 119 Å². The number of nitrogens with zero attached hydrogens (tertiary/aromatic N) is 1. The van der Waals surface area contributed by atoms with Gasteiger partial charge in [0.1, 0.15) is 0 Å². The zero-order valence-corrected chi connectivity index (χ0v) is 12.4. The number of hydrogen-bond acceptors (Lipinski definition) is 3. The molecular weight excluding hydrogens is 271 g/mol. The molecular formula is C13H20Cl2N2O. The van der Waals surface area contributed by atoms with Crippen molar-refractivity contribution in [1.29, 1.82) is 0 Å². The van der Waals surface area contributed by atoms with Gasteiger partial charge in [0.05, 0.1) is 13.2 Å². The fourth-order valence-electron chi connectivity index (χ4n) is 1.40. The average molecular weight is 291 g/mol. The monoisotopic (exact) mass is 290 g/mol. The third kappa shape index (κ3) is 6.57. The van der Waals surface area contributed by atoms with Crippen molar-refractivity contribution in [1.82, 2.24) is 10.2 Å². The third-order valence-electron chi connectivity index (χ3n) is 2.43. The first kappa shape index (κ1) is 15.7. The summed E-state index contributed by atoms with van der Waals surface area (Å²) in [6, 6.07) is 5.48. The van der Waals surface area contributed by atoms with Crippen molar-refractivity contribution in [2.24, 2.45) is 0 Å². The number of nitrogens with one attached hydrogen (secondary N) is 1. The molecule has 1 aromatic carbocycles. The Morgan fingerprint density at radius 1 is 1.22 bits per heavy atom. The van der Waals surface area contributed by atoms with Gasteiger partial charge < -0.3 is 15.0 Å². The molecule has 102 valence electrons. The molecule has 0 saturated carbocycles. The van der Waals surface area contributed by atoms with Gasteiger partial charge in [0.15, 0.2) is 0 Å². The minimum atomic E-state index is 0.700. The van der Waals surface area contributed by atoms with E-state index in [2.05, 4.69) is 10.2 Å². The number of benzene rings is 1. The lowest BCUT2D eigenvalue weighted by Gasteiger charge is -2.10. The molecule has 0 fully saturated rings. The van der Waals surface area contributed by atoms with Crippen LogP contribution in [0.15, 0.2) is 18.2 Å². The maximum Gasteiger partial charge on any atom is 0.0593 e. The molecule has 0 unspecified atom stereocenters.